The average Bonchev–Trinajstić information content (AvgIpc) is 2.83. The molecule has 0 amide bonds. The number of nitrogens with one attached hydrogen (secondary N) is 1. The van der Waals surface area contributed by atoms with E-state index >= 15 is 0 Å². The zero-order valence-corrected chi connectivity index (χ0v) is 10.9. The van der Waals surface area contributed by atoms with Crippen molar-refractivity contribution in [3.05, 3.63) is 4.77 Å². The van der Waals surface area contributed by atoms with Crippen molar-refractivity contribution in [2.45, 2.75) is 25.9 Å². The molecule has 1 N–H and O–H groups in total. The highest BCUT2D eigenvalue weighted by molar-refractivity contribution is 7.71. The van der Waals surface area contributed by atoms with Gasteiger partial charge >= 0.3 is 0 Å². The van der Waals surface area contributed by atoms with Gasteiger partial charge in [0.05, 0.1) is 0 Å². The Labute approximate surface area is 101 Å². The Hall–Kier alpha value is -0.880. The van der Waals surface area contributed by atoms with E-state index in [1.165, 1.54) is 6.42 Å². The predicted molar refractivity (Wildman–Crippen MR) is 67.4 cm³/mol. The monoisotopic (exact) mass is 241 g/mol. The topological polar surface area (TPSA) is 40.1 Å². The smallest absolute Gasteiger partial charge is 0.225 e. The van der Waals surface area contributed by atoms with E-state index in [2.05, 4.69) is 41.0 Å². The molecule has 0 spiro atoms. The van der Waals surface area contributed by atoms with E-state index in [0.717, 1.165) is 25.6 Å². The van der Waals surface area contributed by atoms with Crippen molar-refractivity contribution in [2.24, 2.45) is 0 Å². The summed E-state index contributed by atoms with van der Waals surface area (Å²) in [5, 5.41) is 7.19. The lowest BCUT2D eigenvalue weighted by Crippen LogP contribution is -2.32. The summed E-state index contributed by atoms with van der Waals surface area (Å²) in [4.78, 5) is 4.58. The molecule has 0 saturated carbocycles. The second-order valence-corrected chi connectivity index (χ2v) is 4.81. The molecule has 1 aliphatic rings. The Bertz CT molecular complexity index is 408. The van der Waals surface area contributed by atoms with Crippen molar-refractivity contribution in [1.29, 1.82) is 0 Å². The van der Waals surface area contributed by atoms with Crippen LogP contribution in [0.3, 0.4) is 0 Å². The van der Waals surface area contributed by atoms with E-state index in [9.17, 15) is 0 Å². The van der Waals surface area contributed by atoms with Crippen LogP contribution in [0.2, 0.25) is 0 Å². The first-order chi connectivity index (χ1) is 7.63. The lowest BCUT2D eigenvalue weighted by molar-refractivity contribution is 0.315. The number of H-pyrrole nitrogens is 1. The molecular weight excluding hydrogens is 222 g/mol. The minimum Gasteiger partial charge on any atom is -0.339 e. The van der Waals surface area contributed by atoms with Crippen LogP contribution in [0.1, 0.15) is 13.3 Å². The van der Waals surface area contributed by atoms with E-state index in [1.54, 1.807) is 0 Å². The van der Waals surface area contributed by atoms with Crippen molar-refractivity contribution in [3.63, 3.8) is 0 Å². The summed E-state index contributed by atoms with van der Waals surface area (Å²) in [7, 11) is 4.26. The molecule has 1 unspecified atom stereocenters. The van der Waals surface area contributed by atoms with Crippen molar-refractivity contribution >= 4 is 18.2 Å². The van der Waals surface area contributed by atoms with Gasteiger partial charge < -0.3 is 9.80 Å². The number of aromatic amines is 1. The Morgan fingerprint density at radius 2 is 2.31 bits per heavy atom. The van der Waals surface area contributed by atoms with E-state index < -0.39 is 0 Å². The normalized spacial score (nSPS) is 21.0. The van der Waals surface area contributed by atoms with Gasteiger partial charge in [0.25, 0.3) is 0 Å². The number of hydrogen-bond donors (Lipinski definition) is 1. The zero-order chi connectivity index (χ0) is 11.7. The van der Waals surface area contributed by atoms with E-state index in [4.69, 9.17) is 12.2 Å². The molecule has 1 aromatic rings. The van der Waals surface area contributed by atoms with Crippen LogP contribution in [0.5, 0.6) is 0 Å². The summed E-state index contributed by atoms with van der Waals surface area (Å²) in [5.74, 6) is 0.983. The predicted octanol–water partition coefficient (Wildman–Crippen LogP) is 1.10. The van der Waals surface area contributed by atoms with Crippen LogP contribution in [-0.2, 0) is 6.54 Å². The standard InChI is InChI=1S/C10H19N5S/c1-4-15-9(11-12-10(15)16)14-6-5-8(7-14)13(2)3/h8H,4-7H2,1-3H3,(H,12,16). The number of hydrogen-bond acceptors (Lipinski definition) is 4. The Kier molecular flexibility index (Phi) is 3.30. The van der Waals surface area contributed by atoms with E-state index in [1.807, 2.05) is 4.57 Å². The fourth-order valence-corrected chi connectivity index (χ4v) is 2.44. The third-order valence-corrected chi connectivity index (χ3v) is 3.54. The zero-order valence-electron chi connectivity index (χ0n) is 10.1. The minimum absolute atomic E-state index is 0.621. The van der Waals surface area contributed by atoms with Crippen molar-refractivity contribution < 1.29 is 0 Å². The second-order valence-electron chi connectivity index (χ2n) is 4.43. The van der Waals surface area contributed by atoms with Crippen LogP contribution in [0.25, 0.3) is 0 Å². The molecular formula is C10H19N5S. The van der Waals surface area contributed by atoms with Gasteiger partial charge in [0, 0.05) is 25.7 Å². The van der Waals surface area contributed by atoms with Crippen LogP contribution in [-0.4, -0.2) is 52.9 Å². The van der Waals surface area contributed by atoms with E-state index in [0.29, 0.717) is 10.8 Å². The summed E-state index contributed by atoms with van der Waals surface area (Å²) in [6.07, 6.45) is 1.19. The van der Waals surface area contributed by atoms with Gasteiger partial charge in [-0.3, -0.25) is 4.57 Å². The number of likely N-dealkylation sites (N-methyl/N-ethyl adjacent to an activating group) is 1. The molecule has 90 valence electrons. The molecule has 1 saturated heterocycles. The number of nitrogens with zero attached hydrogens (tertiary/aromatic N) is 4. The first kappa shape index (κ1) is 11.6. The summed E-state index contributed by atoms with van der Waals surface area (Å²) in [6.45, 7) is 5.05. The summed E-state index contributed by atoms with van der Waals surface area (Å²) < 4.78 is 2.76. The summed E-state index contributed by atoms with van der Waals surface area (Å²) in [5.41, 5.74) is 0. The maximum atomic E-state index is 5.20. The lowest BCUT2D eigenvalue weighted by atomic mass is 10.2. The number of anilines is 1. The third-order valence-electron chi connectivity index (χ3n) is 3.23. The highest BCUT2D eigenvalue weighted by Crippen LogP contribution is 2.20. The lowest BCUT2D eigenvalue weighted by Gasteiger charge is -2.20. The molecule has 0 radical (unpaired) electrons. The van der Waals surface area contributed by atoms with Crippen molar-refractivity contribution in [3.8, 4) is 0 Å². The molecule has 1 aliphatic heterocycles. The fraction of sp³-hybridized carbons (Fsp3) is 0.800. The fourth-order valence-electron chi connectivity index (χ4n) is 2.18. The van der Waals surface area contributed by atoms with Gasteiger partial charge in [-0.2, -0.15) is 0 Å². The largest absolute Gasteiger partial charge is 0.339 e. The molecule has 5 nitrogen and oxygen atoms in total. The first-order valence-electron chi connectivity index (χ1n) is 5.70. The third kappa shape index (κ3) is 1.99. The molecule has 2 heterocycles. The number of rotatable bonds is 3. The average molecular weight is 241 g/mol. The second kappa shape index (κ2) is 4.55. The van der Waals surface area contributed by atoms with Gasteiger partial charge in [0.15, 0.2) is 4.77 Å². The summed E-state index contributed by atoms with van der Waals surface area (Å²) in [6, 6.07) is 0.621. The van der Waals surface area contributed by atoms with Gasteiger partial charge in [-0.05, 0) is 39.7 Å². The van der Waals surface area contributed by atoms with E-state index in [-0.39, 0.29) is 0 Å². The quantitative estimate of drug-likeness (QED) is 0.805. The minimum atomic E-state index is 0.621. The molecule has 0 aliphatic carbocycles. The van der Waals surface area contributed by atoms with Gasteiger partial charge in [0.1, 0.15) is 0 Å². The summed E-state index contributed by atoms with van der Waals surface area (Å²) >= 11 is 5.20. The molecule has 1 atom stereocenters. The highest BCUT2D eigenvalue weighted by Gasteiger charge is 2.26. The van der Waals surface area contributed by atoms with Gasteiger partial charge in [-0.1, -0.05) is 0 Å². The first-order valence-corrected chi connectivity index (χ1v) is 6.11. The highest BCUT2D eigenvalue weighted by atomic mass is 32.1. The Balaban J connectivity index is 2.17. The van der Waals surface area contributed by atoms with Gasteiger partial charge in [-0.25, -0.2) is 5.10 Å². The maximum absolute atomic E-state index is 5.20. The molecule has 16 heavy (non-hydrogen) atoms. The molecule has 0 bridgehead atoms. The van der Waals surface area contributed by atoms with Gasteiger partial charge in [0.2, 0.25) is 5.95 Å². The van der Waals surface area contributed by atoms with Crippen molar-refractivity contribution in [2.75, 3.05) is 32.1 Å². The molecule has 0 aromatic carbocycles. The SMILES string of the molecule is CCn1c(N2CCC(N(C)C)C2)n[nH]c1=S. The van der Waals surface area contributed by atoms with Crippen LogP contribution in [0.15, 0.2) is 0 Å². The van der Waals surface area contributed by atoms with Crippen molar-refractivity contribution in [1.82, 2.24) is 19.7 Å². The molecule has 2 rings (SSSR count). The molecule has 1 fully saturated rings. The Morgan fingerprint density at radius 1 is 1.56 bits per heavy atom. The molecule has 6 heteroatoms. The van der Waals surface area contributed by atoms with Crippen LogP contribution >= 0.6 is 12.2 Å². The Morgan fingerprint density at radius 3 is 2.88 bits per heavy atom. The maximum Gasteiger partial charge on any atom is 0.225 e. The number of aromatic nitrogens is 3. The van der Waals surface area contributed by atoms with Crippen LogP contribution in [0.4, 0.5) is 5.95 Å². The van der Waals surface area contributed by atoms with Crippen LogP contribution in [0, 0.1) is 4.77 Å². The van der Waals surface area contributed by atoms with Gasteiger partial charge in [-0.15, -0.1) is 5.10 Å². The van der Waals surface area contributed by atoms with Crippen LogP contribution < -0.4 is 4.90 Å². The molecule has 1 aromatic heterocycles.